The van der Waals surface area contributed by atoms with Crippen LogP contribution in [0.2, 0.25) is 0 Å². The molecular weight excluding hydrogens is 216 g/mol. The quantitative estimate of drug-likeness (QED) is 0.482. The van der Waals surface area contributed by atoms with Crippen molar-refractivity contribution in [1.82, 2.24) is 19.9 Å². The van der Waals surface area contributed by atoms with Gasteiger partial charge in [0.25, 0.3) is 0 Å². The molecule has 8 nitrogen and oxygen atoms in total. The number of rotatable bonds is 0. The van der Waals surface area contributed by atoms with Gasteiger partial charge in [-0.05, 0) is 0 Å². The van der Waals surface area contributed by atoms with Crippen molar-refractivity contribution in [3.05, 3.63) is 24.8 Å². The van der Waals surface area contributed by atoms with Gasteiger partial charge in [0.15, 0.2) is 0 Å². The molecule has 84 valence electrons. The zero-order valence-electron chi connectivity index (χ0n) is 7.89. The van der Waals surface area contributed by atoms with Crippen molar-refractivity contribution in [3.8, 4) is 23.5 Å². The number of hydrogen-bond acceptors (Lipinski definition) is 8. The van der Waals surface area contributed by atoms with E-state index in [-0.39, 0.29) is 23.5 Å². The zero-order valence-corrected chi connectivity index (χ0v) is 7.89. The number of hydrogen-bond donors (Lipinski definition) is 4. The SMILES string of the molecule is Oc1cc(O)ncn1.Oc1cc(O)ncn1. The lowest BCUT2D eigenvalue weighted by Gasteiger charge is -1.87. The second-order valence-electron chi connectivity index (χ2n) is 2.47. The van der Waals surface area contributed by atoms with E-state index in [1.54, 1.807) is 0 Å². The summed E-state index contributed by atoms with van der Waals surface area (Å²) in [5.74, 6) is -0.898. The molecule has 0 radical (unpaired) electrons. The largest absolute Gasteiger partial charge is 0.493 e. The minimum atomic E-state index is -0.225. The molecule has 0 aliphatic rings. The van der Waals surface area contributed by atoms with E-state index in [0.717, 1.165) is 24.8 Å². The Hall–Kier alpha value is -2.64. The smallest absolute Gasteiger partial charge is 0.217 e. The first-order chi connectivity index (χ1) is 7.58. The Morgan fingerprint density at radius 3 is 0.938 bits per heavy atom. The first-order valence-electron chi connectivity index (χ1n) is 3.98. The molecule has 4 N–H and O–H groups in total. The summed E-state index contributed by atoms with van der Waals surface area (Å²) in [7, 11) is 0. The topological polar surface area (TPSA) is 132 Å². The van der Waals surface area contributed by atoms with E-state index in [9.17, 15) is 0 Å². The average Bonchev–Trinajstić information content (AvgIpc) is 2.17. The molecular formula is C8H8N4O4. The van der Waals surface area contributed by atoms with Crippen LogP contribution in [0.25, 0.3) is 0 Å². The van der Waals surface area contributed by atoms with Crippen molar-refractivity contribution in [1.29, 1.82) is 0 Å². The van der Waals surface area contributed by atoms with Gasteiger partial charge in [-0.3, -0.25) is 0 Å². The summed E-state index contributed by atoms with van der Waals surface area (Å²) in [6.45, 7) is 0. The Morgan fingerprint density at radius 1 is 0.562 bits per heavy atom. The van der Waals surface area contributed by atoms with Crippen molar-refractivity contribution in [3.63, 3.8) is 0 Å². The molecule has 0 spiro atoms. The maximum atomic E-state index is 8.50. The van der Waals surface area contributed by atoms with Crippen LogP contribution in [0.3, 0.4) is 0 Å². The molecule has 2 rings (SSSR count). The van der Waals surface area contributed by atoms with Gasteiger partial charge in [-0.1, -0.05) is 0 Å². The van der Waals surface area contributed by atoms with Gasteiger partial charge >= 0.3 is 0 Å². The molecule has 8 heteroatoms. The van der Waals surface area contributed by atoms with E-state index >= 15 is 0 Å². The summed E-state index contributed by atoms with van der Waals surface area (Å²) in [6.07, 6.45) is 2.15. The van der Waals surface area contributed by atoms with E-state index in [4.69, 9.17) is 20.4 Å². The summed E-state index contributed by atoms with van der Waals surface area (Å²) in [4.78, 5) is 13.3. The molecule has 0 saturated carbocycles. The molecule has 2 heterocycles. The fourth-order valence-electron chi connectivity index (χ4n) is 0.674. The average molecular weight is 224 g/mol. The molecule has 0 aliphatic heterocycles. The monoisotopic (exact) mass is 224 g/mol. The summed E-state index contributed by atoms with van der Waals surface area (Å²) in [5.41, 5.74) is 0. The minimum Gasteiger partial charge on any atom is -0.493 e. The van der Waals surface area contributed by atoms with Crippen LogP contribution in [-0.4, -0.2) is 40.4 Å². The molecule has 0 fully saturated rings. The van der Waals surface area contributed by atoms with Crippen LogP contribution in [-0.2, 0) is 0 Å². The molecule has 0 saturated heterocycles. The van der Waals surface area contributed by atoms with Crippen LogP contribution in [0, 0.1) is 0 Å². The third-order valence-corrected chi connectivity index (χ3v) is 1.28. The number of aromatic nitrogens is 4. The van der Waals surface area contributed by atoms with E-state index < -0.39 is 0 Å². The highest BCUT2D eigenvalue weighted by molar-refractivity contribution is 5.15. The van der Waals surface area contributed by atoms with Crippen molar-refractivity contribution >= 4 is 0 Å². The molecule has 0 unspecified atom stereocenters. The van der Waals surface area contributed by atoms with Gasteiger partial charge in [-0.15, -0.1) is 0 Å². The summed E-state index contributed by atoms with van der Waals surface area (Å²) < 4.78 is 0. The highest BCUT2D eigenvalue weighted by Gasteiger charge is 1.89. The van der Waals surface area contributed by atoms with E-state index in [1.807, 2.05) is 0 Å². The lowest BCUT2D eigenvalue weighted by Crippen LogP contribution is -1.75. The van der Waals surface area contributed by atoms with Gasteiger partial charge in [0, 0.05) is 0 Å². The Labute approximate surface area is 89.5 Å². The van der Waals surface area contributed by atoms with Crippen molar-refractivity contribution in [2.75, 3.05) is 0 Å². The highest BCUT2D eigenvalue weighted by atomic mass is 16.3. The third-order valence-electron chi connectivity index (χ3n) is 1.28. The molecule has 0 amide bonds. The molecule has 16 heavy (non-hydrogen) atoms. The molecule has 2 aromatic rings. The summed E-state index contributed by atoms with van der Waals surface area (Å²) in [6, 6.07) is 2.11. The fraction of sp³-hybridized carbons (Fsp3) is 0. The molecule has 0 aromatic carbocycles. The maximum Gasteiger partial charge on any atom is 0.217 e. The van der Waals surface area contributed by atoms with Gasteiger partial charge in [-0.2, -0.15) is 0 Å². The Bertz CT molecular complexity index is 387. The van der Waals surface area contributed by atoms with E-state index in [2.05, 4.69) is 19.9 Å². The maximum absolute atomic E-state index is 8.50. The first kappa shape index (κ1) is 11.4. The second-order valence-corrected chi connectivity index (χ2v) is 2.47. The minimum absolute atomic E-state index is 0.225. The molecule has 2 aromatic heterocycles. The molecule has 0 atom stereocenters. The second kappa shape index (κ2) is 5.29. The molecule has 0 aliphatic carbocycles. The van der Waals surface area contributed by atoms with Crippen molar-refractivity contribution < 1.29 is 20.4 Å². The number of aromatic hydroxyl groups is 4. The van der Waals surface area contributed by atoms with Gasteiger partial charge in [0.2, 0.25) is 23.5 Å². The third kappa shape index (κ3) is 4.05. The van der Waals surface area contributed by atoms with Crippen LogP contribution >= 0.6 is 0 Å². The Balaban J connectivity index is 0.000000160. The Kier molecular flexibility index (Phi) is 3.78. The summed E-state index contributed by atoms with van der Waals surface area (Å²) in [5, 5.41) is 34.0. The zero-order chi connectivity index (χ0) is 12.0. The van der Waals surface area contributed by atoms with Crippen molar-refractivity contribution in [2.45, 2.75) is 0 Å². The van der Waals surface area contributed by atoms with Gasteiger partial charge in [0.1, 0.15) is 12.7 Å². The predicted molar refractivity (Wildman–Crippen MR) is 50.7 cm³/mol. The van der Waals surface area contributed by atoms with Crippen LogP contribution in [0.4, 0.5) is 0 Å². The van der Waals surface area contributed by atoms with Gasteiger partial charge in [-0.25, -0.2) is 19.9 Å². The van der Waals surface area contributed by atoms with E-state index in [1.165, 1.54) is 0 Å². The lowest BCUT2D eigenvalue weighted by molar-refractivity contribution is 0.420. The fourth-order valence-corrected chi connectivity index (χ4v) is 0.674. The standard InChI is InChI=1S/2C4H4N2O2/c2*7-3-1-4(8)6-2-5-3/h2*1-2H,(H2,5,6,7,8). The van der Waals surface area contributed by atoms with Crippen LogP contribution in [0.5, 0.6) is 23.5 Å². The van der Waals surface area contributed by atoms with Crippen LogP contribution in [0.15, 0.2) is 24.8 Å². The summed E-state index contributed by atoms with van der Waals surface area (Å²) >= 11 is 0. The van der Waals surface area contributed by atoms with Crippen LogP contribution in [0.1, 0.15) is 0 Å². The lowest BCUT2D eigenvalue weighted by atomic mass is 10.6. The van der Waals surface area contributed by atoms with Gasteiger partial charge < -0.3 is 20.4 Å². The van der Waals surface area contributed by atoms with E-state index in [0.29, 0.717) is 0 Å². The van der Waals surface area contributed by atoms with Crippen molar-refractivity contribution in [2.24, 2.45) is 0 Å². The highest BCUT2D eigenvalue weighted by Crippen LogP contribution is 2.07. The van der Waals surface area contributed by atoms with Gasteiger partial charge in [0.05, 0.1) is 12.1 Å². The molecule has 0 bridgehead atoms. The normalized spacial score (nSPS) is 9.00. The number of nitrogens with zero attached hydrogens (tertiary/aromatic N) is 4. The first-order valence-corrected chi connectivity index (χ1v) is 3.98. The Morgan fingerprint density at radius 2 is 0.812 bits per heavy atom. The van der Waals surface area contributed by atoms with Crippen LogP contribution < -0.4 is 0 Å². The predicted octanol–water partition coefficient (Wildman–Crippen LogP) is -0.224.